The first-order valence-corrected chi connectivity index (χ1v) is 15.5. The number of ketones is 1. The Morgan fingerprint density at radius 1 is 0.976 bits per heavy atom. The molecule has 8 heteroatoms. The maximum absolute atomic E-state index is 14.2. The number of rotatable bonds is 10. The first-order chi connectivity index (χ1) is 20.4. The molecular formula is C34H36N2O5S. The Hall–Kier alpha value is -3.72. The van der Waals surface area contributed by atoms with Gasteiger partial charge in [-0.25, -0.2) is 0 Å². The van der Waals surface area contributed by atoms with Gasteiger partial charge in [-0.1, -0.05) is 36.4 Å². The number of methoxy groups -OCH3 is 1. The largest absolute Gasteiger partial charge is 0.508 e. The zero-order valence-electron chi connectivity index (χ0n) is 23.8. The molecule has 2 saturated heterocycles. The summed E-state index contributed by atoms with van der Waals surface area (Å²) in [5.41, 5.74) is 4.33. The summed E-state index contributed by atoms with van der Waals surface area (Å²) in [6, 6.07) is 18.7. The van der Waals surface area contributed by atoms with Crippen molar-refractivity contribution in [1.82, 2.24) is 9.80 Å². The molecule has 3 aromatic carbocycles. The SMILES string of the molecule is COc1cc(C(=O)c2c(-c3ccc(CCN4CCCC4C(=O)O)cc3)sc3cc(O)ccc23)ccc1CN1CCCC1. The molecule has 1 atom stereocenters. The standard InChI is InChI=1S/C34H36N2O5S/c1-41-29-19-24(10-11-25(29)21-35-15-2-3-16-35)32(38)31-27-13-12-26(37)20-30(27)42-33(31)23-8-6-22(7-9-23)14-18-36-17-4-5-28(36)34(39)40/h6-13,19-20,28,37H,2-5,14-18,21H2,1H3,(H,39,40). The van der Waals surface area contributed by atoms with Gasteiger partial charge in [0.2, 0.25) is 0 Å². The number of phenolic OH excluding ortho intramolecular Hbond substituents is 1. The molecule has 2 N–H and O–H groups in total. The molecule has 6 rings (SSSR count). The van der Waals surface area contributed by atoms with Gasteiger partial charge in [-0.15, -0.1) is 11.3 Å². The molecule has 0 amide bonds. The molecule has 0 saturated carbocycles. The van der Waals surface area contributed by atoms with Crippen LogP contribution in [0.1, 0.15) is 52.7 Å². The van der Waals surface area contributed by atoms with Crippen molar-refractivity contribution in [1.29, 1.82) is 0 Å². The van der Waals surface area contributed by atoms with Crippen LogP contribution in [0, 0.1) is 0 Å². The third kappa shape index (κ3) is 5.79. The van der Waals surface area contributed by atoms with Gasteiger partial charge in [-0.3, -0.25) is 19.4 Å². The first kappa shape index (κ1) is 28.4. The van der Waals surface area contributed by atoms with Crippen LogP contribution in [0.15, 0.2) is 60.7 Å². The van der Waals surface area contributed by atoms with Gasteiger partial charge in [0.25, 0.3) is 0 Å². The molecule has 42 heavy (non-hydrogen) atoms. The van der Waals surface area contributed by atoms with Crippen LogP contribution >= 0.6 is 11.3 Å². The molecule has 2 fully saturated rings. The Labute approximate surface area is 250 Å². The van der Waals surface area contributed by atoms with E-state index in [-0.39, 0.29) is 17.6 Å². The van der Waals surface area contributed by atoms with E-state index in [0.29, 0.717) is 24.1 Å². The summed E-state index contributed by atoms with van der Waals surface area (Å²) in [6.45, 7) is 4.50. The fourth-order valence-corrected chi connectivity index (χ4v) is 7.56. The van der Waals surface area contributed by atoms with E-state index in [1.807, 2.05) is 36.4 Å². The Kier molecular flexibility index (Phi) is 8.29. The Balaban J connectivity index is 1.29. The summed E-state index contributed by atoms with van der Waals surface area (Å²) in [5, 5.41) is 20.5. The number of carbonyl (C=O) groups excluding carboxylic acids is 1. The van der Waals surface area contributed by atoms with Gasteiger partial charge < -0.3 is 14.9 Å². The molecule has 3 heterocycles. The van der Waals surface area contributed by atoms with E-state index in [4.69, 9.17) is 4.74 Å². The smallest absolute Gasteiger partial charge is 0.320 e. The Bertz CT molecular complexity index is 1610. The number of aromatic hydroxyl groups is 1. The van der Waals surface area contributed by atoms with E-state index >= 15 is 0 Å². The van der Waals surface area contributed by atoms with Crippen LogP contribution in [0.5, 0.6) is 11.5 Å². The quantitative estimate of drug-likeness (QED) is 0.215. The molecule has 1 aromatic heterocycles. The van der Waals surface area contributed by atoms with Gasteiger partial charge in [-0.2, -0.15) is 0 Å². The number of ether oxygens (including phenoxy) is 1. The second kappa shape index (κ2) is 12.3. The summed E-state index contributed by atoms with van der Waals surface area (Å²) in [5.74, 6) is 0.0682. The second-order valence-corrected chi connectivity index (χ2v) is 12.4. The second-order valence-electron chi connectivity index (χ2n) is 11.3. The van der Waals surface area contributed by atoms with Crippen LogP contribution in [0.4, 0.5) is 0 Å². The minimum atomic E-state index is -0.741. The van der Waals surface area contributed by atoms with Crippen LogP contribution in [0.2, 0.25) is 0 Å². The van der Waals surface area contributed by atoms with Crippen molar-refractivity contribution in [3.05, 3.63) is 82.9 Å². The number of phenols is 1. The minimum absolute atomic E-state index is 0.0780. The Morgan fingerprint density at radius 2 is 1.76 bits per heavy atom. The topological polar surface area (TPSA) is 90.3 Å². The lowest BCUT2D eigenvalue weighted by molar-refractivity contribution is -0.142. The highest BCUT2D eigenvalue weighted by molar-refractivity contribution is 7.22. The first-order valence-electron chi connectivity index (χ1n) is 14.7. The lowest BCUT2D eigenvalue weighted by Crippen LogP contribution is -2.37. The van der Waals surface area contributed by atoms with Gasteiger partial charge in [0.1, 0.15) is 17.5 Å². The number of carboxylic acid groups (broad SMARTS) is 1. The maximum atomic E-state index is 14.2. The number of carboxylic acids is 1. The van der Waals surface area contributed by atoms with Gasteiger partial charge in [0.05, 0.1) is 7.11 Å². The van der Waals surface area contributed by atoms with Crippen molar-refractivity contribution >= 4 is 33.2 Å². The minimum Gasteiger partial charge on any atom is -0.508 e. The monoisotopic (exact) mass is 584 g/mol. The Morgan fingerprint density at radius 3 is 2.50 bits per heavy atom. The highest BCUT2D eigenvalue weighted by Gasteiger charge is 2.30. The van der Waals surface area contributed by atoms with Crippen LogP contribution < -0.4 is 4.74 Å². The van der Waals surface area contributed by atoms with E-state index in [9.17, 15) is 19.8 Å². The average molecular weight is 585 g/mol. The molecule has 1 unspecified atom stereocenters. The average Bonchev–Trinajstić information content (AvgIpc) is 3.76. The molecule has 0 aliphatic carbocycles. The molecule has 218 valence electrons. The predicted octanol–water partition coefficient (Wildman–Crippen LogP) is 6.20. The van der Waals surface area contributed by atoms with Crippen molar-refractivity contribution in [2.24, 2.45) is 0 Å². The number of benzene rings is 3. The van der Waals surface area contributed by atoms with Gasteiger partial charge >= 0.3 is 5.97 Å². The van der Waals surface area contributed by atoms with E-state index in [0.717, 1.165) is 76.4 Å². The zero-order valence-corrected chi connectivity index (χ0v) is 24.7. The third-order valence-corrected chi connectivity index (χ3v) is 9.80. The summed E-state index contributed by atoms with van der Waals surface area (Å²) < 4.78 is 6.58. The highest BCUT2D eigenvalue weighted by atomic mass is 32.1. The van der Waals surface area contributed by atoms with E-state index < -0.39 is 5.97 Å². The predicted molar refractivity (Wildman–Crippen MR) is 166 cm³/mol. The molecule has 0 bridgehead atoms. The number of aliphatic carboxylic acids is 1. The van der Waals surface area contributed by atoms with Gasteiger partial charge in [-0.05, 0) is 87.1 Å². The van der Waals surface area contributed by atoms with Gasteiger partial charge in [0, 0.05) is 44.7 Å². The zero-order chi connectivity index (χ0) is 29.2. The van der Waals surface area contributed by atoms with Gasteiger partial charge in [0.15, 0.2) is 5.78 Å². The van der Waals surface area contributed by atoms with Crippen molar-refractivity contribution < 1.29 is 24.5 Å². The van der Waals surface area contributed by atoms with Crippen molar-refractivity contribution in [3.8, 4) is 21.9 Å². The number of thiophene rings is 1. The van der Waals surface area contributed by atoms with Crippen LogP contribution in [-0.4, -0.2) is 71.1 Å². The van der Waals surface area contributed by atoms with Crippen molar-refractivity contribution in [2.45, 2.75) is 44.7 Å². The number of fused-ring (bicyclic) bond motifs is 1. The van der Waals surface area contributed by atoms with Crippen LogP contribution in [0.3, 0.4) is 0 Å². The number of nitrogens with zero attached hydrogens (tertiary/aromatic N) is 2. The van der Waals surface area contributed by atoms with Crippen molar-refractivity contribution in [2.75, 3.05) is 33.3 Å². The van der Waals surface area contributed by atoms with E-state index in [1.165, 1.54) is 24.2 Å². The number of carbonyl (C=O) groups is 2. The number of likely N-dealkylation sites (tertiary alicyclic amines) is 2. The summed E-state index contributed by atoms with van der Waals surface area (Å²) in [4.78, 5) is 31.0. The number of hydrogen-bond donors (Lipinski definition) is 2. The van der Waals surface area contributed by atoms with E-state index in [1.54, 1.807) is 19.2 Å². The molecule has 4 aromatic rings. The molecule has 2 aliphatic heterocycles. The summed E-state index contributed by atoms with van der Waals surface area (Å²) >= 11 is 1.50. The third-order valence-electron chi connectivity index (χ3n) is 8.60. The lowest BCUT2D eigenvalue weighted by atomic mass is 9.96. The molecular weight excluding hydrogens is 548 g/mol. The lowest BCUT2D eigenvalue weighted by Gasteiger charge is -2.20. The molecule has 2 aliphatic rings. The van der Waals surface area contributed by atoms with Crippen molar-refractivity contribution in [3.63, 3.8) is 0 Å². The summed E-state index contributed by atoms with van der Waals surface area (Å²) in [7, 11) is 1.65. The fraction of sp³-hybridized carbons (Fsp3) is 0.353. The fourth-order valence-electron chi connectivity index (χ4n) is 6.33. The normalized spacial score (nSPS) is 17.7. The molecule has 0 radical (unpaired) electrons. The maximum Gasteiger partial charge on any atom is 0.320 e. The molecule has 7 nitrogen and oxygen atoms in total. The van der Waals surface area contributed by atoms with E-state index in [2.05, 4.69) is 21.9 Å². The van der Waals surface area contributed by atoms with Crippen LogP contribution in [-0.2, 0) is 17.8 Å². The number of hydrogen-bond acceptors (Lipinski definition) is 7. The molecule has 0 spiro atoms. The van der Waals surface area contributed by atoms with Crippen LogP contribution in [0.25, 0.3) is 20.5 Å². The summed E-state index contributed by atoms with van der Waals surface area (Å²) in [6.07, 6.45) is 4.82. The highest BCUT2D eigenvalue weighted by Crippen LogP contribution is 2.41.